The molecule has 0 bridgehead atoms. The third-order valence-electron chi connectivity index (χ3n) is 2.13. The summed E-state index contributed by atoms with van der Waals surface area (Å²) in [6, 6.07) is 0. The molecule has 0 saturated carbocycles. The highest BCUT2D eigenvalue weighted by atomic mass is 16.3. The smallest absolute Gasteiger partial charge is 0.0821 e. The highest BCUT2D eigenvalue weighted by molar-refractivity contribution is 5.07. The van der Waals surface area contributed by atoms with Gasteiger partial charge in [0.2, 0.25) is 0 Å². The van der Waals surface area contributed by atoms with Crippen LogP contribution in [0.3, 0.4) is 0 Å². The van der Waals surface area contributed by atoms with E-state index in [1.165, 1.54) is 0 Å². The molecule has 0 amide bonds. The number of aliphatic hydroxyl groups excluding tert-OH is 2. The zero-order valence-corrected chi connectivity index (χ0v) is 8.56. The minimum Gasteiger partial charge on any atom is -0.396 e. The van der Waals surface area contributed by atoms with Gasteiger partial charge in [-0.2, -0.15) is 5.10 Å². The summed E-state index contributed by atoms with van der Waals surface area (Å²) in [5, 5.41) is 22.4. The minimum atomic E-state index is -0.493. The Morgan fingerprint density at radius 1 is 1.57 bits per heavy atom. The van der Waals surface area contributed by atoms with Gasteiger partial charge in [0.15, 0.2) is 0 Å². The molecule has 0 aliphatic carbocycles. The largest absolute Gasteiger partial charge is 0.396 e. The zero-order chi connectivity index (χ0) is 10.4. The molecule has 0 radical (unpaired) electrons. The van der Waals surface area contributed by atoms with E-state index in [9.17, 15) is 5.11 Å². The van der Waals surface area contributed by atoms with Gasteiger partial charge < -0.3 is 10.2 Å². The van der Waals surface area contributed by atoms with Crippen LogP contribution in [0.2, 0.25) is 0 Å². The Morgan fingerprint density at radius 2 is 2.36 bits per heavy atom. The summed E-state index contributed by atoms with van der Waals surface area (Å²) in [6.45, 7) is 3.09. The fraction of sp³-hybridized carbons (Fsp3) is 0.700. The summed E-state index contributed by atoms with van der Waals surface area (Å²) in [4.78, 5) is 0. The van der Waals surface area contributed by atoms with Crippen molar-refractivity contribution in [2.75, 3.05) is 6.61 Å². The van der Waals surface area contributed by atoms with Gasteiger partial charge in [-0.25, -0.2) is 0 Å². The zero-order valence-electron chi connectivity index (χ0n) is 8.56. The lowest BCUT2D eigenvalue weighted by molar-refractivity contribution is 0.151. The van der Waals surface area contributed by atoms with Crippen LogP contribution in [-0.4, -0.2) is 26.6 Å². The standard InChI is InChI=1S/C10H18N2O2/c1-2-5-12-8-9(7-11-12)10(14)4-3-6-13/h7-8,10,13-14H,2-6H2,1H3. The topological polar surface area (TPSA) is 58.3 Å². The summed E-state index contributed by atoms with van der Waals surface area (Å²) in [6.07, 6.45) is 5.32. The average molecular weight is 198 g/mol. The second kappa shape index (κ2) is 5.78. The number of hydrogen-bond acceptors (Lipinski definition) is 3. The van der Waals surface area contributed by atoms with Crippen molar-refractivity contribution >= 4 is 0 Å². The lowest BCUT2D eigenvalue weighted by Gasteiger charge is -2.05. The van der Waals surface area contributed by atoms with Gasteiger partial charge in [0, 0.05) is 24.9 Å². The van der Waals surface area contributed by atoms with E-state index in [1.807, 2.05) is 10.9 Å². The molecule has 0 aromatic carbocycles. The van der Waals surface area contributed by atoms with E-state index in [4.69, 9.17) is 5.11 Å². The number of aryl methyl sites for hydroxylation is 1. The molecule has 0 fully saturated rings. The molecule has 14 heavy (non-hydrogen) atoms. The van der Waals surface area contributed by atoms with E-state index in [0.29, 0.717) is 12.8 Å². The van der Waals surface area contributed by atoms with Gasteiger partial charge in [-0.05, 0) is 19.3 Å². The van der Waals surface area contributed by atoms with Crippen molar-refractivity contribution in [2.45, 2.75) is 38.8 Å². The second-order valence-corrected chi connectivity index (χ2v) is 3.42. The maximum absolute atomic E-state index is 9.67. The lowest BCUT2D eigenvalue weighted by Crippen LogP contribution is -1.98. The van der Waals surface area contributed by atoms with Crippen LogP contribution in [0.5, 0.6) is 0 Å². The summed E-state index contributed by atoms with van der Waals surface area (Å²) in [7, 11) is 0. The Hall–Kier alpha value is -0.870. The van der Waals surface area contributed by atoms with E-state index in [-0.39, 0.29) is 6.61 Å². The Balaban J connectivity index is 2.48. The fourth-order valence-corrected chi connectivity index (χ4v) is 1.35. The first-order valence-electron chi connectivity index (χ1n) is 5.09. The molecule has 1 heterocycles. The highest BCUT2D eigenvalue weighted by Crippen LogP contribution is 2.16. The molecule has 1 aromatic rings. The molecule has 80 valence electrons. The van der Waals surface area contributed by atoms with Crippen molar-refractivity contribution in [1.82, 2.24) is 9.78 Å². The van der Waals surface area contributed by atoms with Crippen LogP contribution in [0.1, 0.15) is 37.9 Å². The maximum Gasteiger partial charge on any atom is 0.0821 e. The van der Waals surface area contributed by atoms with Crippen molar-refractivity contribution in [3.05, 3.63) is 18.0 Å². The summed E-state index contributed by atoms with van der Waals surface area (Å²) in [5.41, 5.74) is 0.840. The molecule has 1 rings (SSSR count). The molecule has 1 aromatic heterocycles. The molecule has 4 heteroatoms. The van der Waals surface area contributed by atoms with Gasteiger partial charge in [-0.3, -0.25) is 4.68 Å². The Kier molecular flexibility index (Phi) is 4.62. The van der Waals surface area contributed by atoms with Crippen molar-refractivity contribution in [3.63, 3.8) is 0 Å². The van der Waals surface area contributed by atoms with E-state index in [1.54, 1.807) is 6.20 Å². The van der Waals surface area contributed by atoms with Crippen LogP contribution in [0.15, 0.2) is 12.4 Å². The van der Waals surface area contributed by atoms with Crippen LogP contribution in [0.4, 0.5) is 0 Å². The summed E-state index contributed by atoms with van der Waals surface area (Å²) >= 11 is 0. The van der Waals surface area contributed by atoms with Gasteiger partial charge in [0.25, 0.3) is 0 Å². The van der Waals surface area contributed by atoms with Gasteiger partial charge in [-0.1, -0.05) is 6.92 Å². The molecule has 0 aliphatic rings. The van der Waals surface area contributed by atoms with Crippen LogP contribution >= 0.6 is 0 Å². The van der Waals surface area contributed by atoms with Crippen molar-refractivity contribution in [2.24, 2.45) is 0 Å². The third kappa shape index (κ3) is 3.12. The van der Waals surface area contributed by atoms with Crippen molar-refractivity contribution < 1.29 is 10.2 Å². The van der Waals surface area contributed by atoms with Crippen LogP contribution in [0.25, 0.3) is 0 Å². The Labute approximate surface area is 84.2 Å². The molecule has 0 spiro atoms. The normalized spacial score (nSPS) is 13.1. The molecule has 1 unspecified atom stereocenters. The molecular formula is C10H18N2O2. The molecular weight excluding hydrogens is 180 g/mol. The van der Waals surface area contributed by atoms with Crippen molar-refractivity contribution in [1.29, 1.82) is 0 Å². The fourth-order valence-electron chi connectivity index (χ4n) is 1.35. The maximum atomic E-state index is 9.67. The second-order valence-electron chi connectivity index (χ2n) is 3.42. The van der Waals surface area contributed by atoms with Gasteiger partial charge in [-0.15, -0.1) is 0 Å². The van der Waals surface area contributed by atoms with Crippen LogP contribution < -0.4 is 0 Å². The first-order chi connectivity index (χ1) is 6.77. The molecule has 0 saturated heterocycles. The van der Waals surface area contributed by atoms with E-state index >= 15 is 0 Å². The van der Waals surface area contributed by atoms with E-state index in [2.05, 4.69) is 12.0 Å². The predicted molar refractivity (Wildman–Crippen MR) is 53.8 cm³/mol. The number of nitrogens with zero attached hydrogens (tertiary/aromatic N) is 2. The third-order valence-corrected chi connectivity index (χ3v) is 2.13. The summed E-state index contributed by atoms with van der Waals surface area (Å²) < 4.78 is 1.83. The van der Waals surface area contributed by atoms with Gasteiger partial charge in [0.1, 0.15) is 0 Å². The highest BCUT2D eigenvalue weighted by Gasteiger charge is 2.08. The van der Waals surface area contributed by atoms with Gasteiger partial charge >= 0.3 is 0 Å². The minimum absolute atomic E-state index is 0.125. The quantitative estimate of drug-likeness (QED) is 0.719. The lowest BCUT2D eigenvalue weighted by atomic mass is 10.1. The number of rotatable bonds is 6. The first-order valence-corrected chi connectivity index (χ1v) is 5.09. The van der Waals surface area contributed by atoms with Gasteiger partial charge in [0.05, 0.1) is 12.3 Å². The number of aliphatic hydroxyl groups is 2. The van der Waals surface area contributed by atoms with E-state index < -0.39 is 6.10 Å². The number of hydrogen-bond donors (Lipinski definition) is 2. The van der Waals surface area contributed by atoms with Crippen LogP contribution in [0, 0.1) is 0 Å². The average Bonchev–Trinajstić information content (AvgIpc) is 2.63. The van der Waals surface area contributed by atoms with Crippen molar-refractivity contribution in [3.8, 4) is 0 Å². The summed E-state index contributed by atoms with van der Waals surface area (Å²) in [5.74, 6) is 0. The number of aromatic nitrogens is 2. The molecule has 1 atom stereocenters. The molecule has 0 aliphatic heterocycles. The Bertz CT molecular complexity index is 260. The first kappa shape index (κ1) is 11.2. The van der Waals surface area contributed by atoms with E-state index in [0.717, 1.165) is 18.5 Å². The van der Waals surface area contributed by atoms with Crippen LogP contribution in [-0.2, 0) is 6.54 Å². The SMILES string of the molecule is CCCn1cc(C(O)CCCO)cn1. The predicted octanol–water partition coefficient (Wildman–Crippen LogP) is 1.10. The molecule has 2 N–H and O–H groups in total. The molecule has 4 nitrogen and oxygen atoms in total. The Morgan fingerprint density at radius 3 is 3.00 bits per heavy atom. The monoisotopic (exact) mass is 198 g/mol.